The number of nitrogen functional groups attached to an aromatic ring is 1. The standard InChI is InChI=1S/C22H27FN4/c23-14-5-7-18-17(11-14)20(24)16-6-8-19-15-4-2-10-26-9-1-3-13(21(15)26)12-27(19)22(16)25-18/h5,7,11,13,15,19,21H,1-4,6,8-10,12H2,(H2,24,25)/t13-,15+,19+,21-/m0/s1. The maximum absolute atomic E-state index is 13.7. The molecule has 142 valence electrons. The van der Waals surface area contributed by atoms with Gasteiger partial charge in [0.1, 0.15) is 11.6 Å². The number of hydrogen-bond acceptors (Lipinski definition) is 4. The van der Waals surface area contributed by atoms with Gasteiger partial charge >= 0.3 is 0 Å². The second-order valence-corrected chi connectivity index (χ2v) is 8.98. The molecule has 1 aromatic heterocycles. The molecule has 0 saturated carbocycles. The van der Waals surface area contributed by atoms with E-state index < -0.39 is 0 Å². The first-order valence-electron chi connectivity index (χ1n) is 10.6. The van der Waals surface area contributed by atoms with E-state index in [9.17, 15) is 4.39 Å². The molecule has 0 spiro atoms. The Morgan fingerprint density at radius 3 is 2.85 bits per heavy atom. The van der Waals surface area contributed by atoms with Crippen LogP contribution in [-0.4, -0.2) is 41.6 Å². The van der Waals surface area contributed by atoms with Gasteiger partial charge in [-0.2, -0.15) is 0 Å². The number of anilines is 2. The zero-order valence-corrected chi connectivity index (χ0v) is 15.7. The van der Waals surface area contributed by atoms with Gasteiger partial charge in [-0.1, -0.05) is 0 Å². The second kappa shape index (κ2) is 5.81. The minimum absolute atomic E-state index is 0.241. The largest absolute Gasteiger partial charge is 0.398 e. The Kier molecular flexibility index (Phi) is 3.46. The summed E-state index contributed by atoms with van der Waals surface area (Å²) in [6.07, 6.45) is 7.47. The molecule has 27 heavy (non-hydrogen) atoms. The summed E-state index contributed by atoms with van der Waals surface area (Å²) in [5, 5.41) is 0.767. The van der Waals surface area contributed by atoms with Gasteiger partial charge in [0.25, 0.3) is 0 Å². The fraction of sp³-hybridized carbons (Fsp3) is 0.591. The van der Waals surface area contributed by atoms with Crippen molar-refractivity contribution in [2.75, 3.05) is 30.3 Å². The molecule has 4 nitrogen and oxygen atoms in total. The first kappa shape index (κ1) is 16.1. The molecule has 0 unspecified atom stereocenters. The van der Waals surface area contributed by atoms with Crippen molar-refractivity contribution in [1.82, 2.24) is 9.88 Å². The Hall–Kier alpha value is -1.88. The number of aromatic nitrogens is 1. The van der Waals surface area contributed by atoms with Crippen LogP contribution in [0.2, 0.25) is 0 Å². The molecule has 1 aromatic carbocycles. The lowest BCUT2D eigenvalue weighted by molar-refractivity contribution is -0.0142. The van der Waals surface area contributed by atoms with Crippen molar-refractivity contribution >= 4 is 22.4 Å². The highest BCUT2D eigenvalue weighted by Crippen LogP contribution is 2.48. The summed E-state index contributed by atoms with van der Waals surface area (Å²) in [5.41, 5.74) is 9.23. The number of nitrogens with zero attached hydrogens (tertiary/aromatic N) is 3. The highest BCUT2D eigenvalue weighted by atomic mass is 19.1. The molecule has 5 heteroatoms. The summed E-state index contributed by atoms with van der Waals surface area (Å²) in [4.78, 5) is 10.4. The maximum atomic E-state index is 13.7. The lowest BCUT2D eigenvalue weighted by Gasteiger charge is -2.59. The predicted molar refractivity (Wildman–Crippen MR) is 106 cm³/mol. The van der Waals surface area contributed by atoms with E-state index in [2.05, 4.69) is 9.80 Å². The molecule has 0 aliphatic carbocycles. The van der Waals surface area contributed by atoms with Gasteiger partial charge < -0.3 is 10.6 Å². The van der Waals surface area contributed by atoms with Gasteiger partial charge in [-0.05, 0) is 81.6 Å². The molecule has 0 radical (unpaired) electrons. The Labute approximate surface area is 159 Å². The number of pyridine rings is 1. The van der Waals surface area contributed by atoms with E-state index in [-0.39, 0.29) is 5.82 Å². The number of fused-ring (bicyclic) bond motifs is 5. The molecule has 0 amide bonds. The highest BCUT2D eigenvalue weighted by Gasteiger charge is 2.50. The Morgan fingerprint density at radius 1 is 1.11 bits per heavy atom. The number of rotatable bonds is 0. The average molecular weight is 366 g/mol. The SMILES string of the molecule is Nc1c2c(nc3ccc(F)cc13)N1C[C@@H]3CCCN4CCC[C@@H]([C@H]34)[C@H]1CC2. The van der Waals surface area contributed by atoms with Crippen molar-refractivity contribution in [2.45, 2.75) is 50.6 Å². The van der Waals surface area contributed by atoms with Crippen LogP contribution in [0.3, 0.4) is 0 Å². The van der Waals surface area contributed by atoms with Crippen LogP contribution in [0.4, 0.5) is 15.9 Å². The Morgan fingerprint density at radius 2 is 1.96 bits per heavy atom. The van der Waals surface area contributed by atoms with Crippen molar-refractivity contribution in [3.8, 4) is 0 Å². The van der Waals surface area contributed by atoms with Gasteiger partial charge in [-0.15, -0.1) is 0 Å². The van der Waals surface area contributed by atoms with E-state index in [1.807, 2.05) is 0 Å². The highest BCUT2D eigenvalue weighted by molar-refractivity contribution is 5.94. The lowest BCUT2D eigenvalue weighted by Crippen LogP contribution is -2.65. The third-order valence-electron chi connectivity index (χ3n) is 7.70. The van der Waals surface area contributed by atoms with Crippen LogP contribution in [0.1, 0.15) is 37.7 Å². The van der Waals surface area contributed by atoms with Crippen LogP contribution < -0.4 is 10.6 Å². The summed E-state index contributed by atoms with van der Waals surface area (Å²) < 4.78 is 13.7. The van der Waals surface area contributed by atoms with E-state index in [4.69, 9.17) is 10.7 Å². The molecule has 6 rings (SSSR count). The van der Waals surface area contributed by atoms with Crippen LogP contribution in [0.5, 0.6) is 0 Å². The van der Waals surface area contributed by atoms with Crippen molar-refractivity contribution in [2.24, 2.45) is 11.8 Å². The van der Waals surface area contributed by atoms with E-state index in [1.165, 1.54) is 50.9 Å². The third-order valence-corrected chi connectivity index (χ3v) is 7.70. The molecule has 2 aromatic rings. The van der Waals surface area contributed by atoms with Gasteiger partial charge in [0, 0.05) is 35.3 Å². The third kappa shape index (κ3) is 2.27. The van der Waals surface area contributed by atoms with E-state index in [0.717, 1.165) is 65.2 Å². The molecule has 5 heterocycles. The fourth-order valence-electron chi connectivity index (χ4n) is 6.67. The molecule has 3 saturated heterocycles. The number of halogens is 1. The zero-order valence-electron chi connectivity index (χ0n) is 15.7. The van der Waals surface area contributed by atoms with Crippen molar-refractivity contribution in [1.29, 1.82) is 0 Å². The molecule has 0 bridgehead atoms. The summed E-state index contributed by atoms with van der Waals surface area (Å²) in [6, 6.07) is 6.18. The number of benzene rings is 1. The Balaban J connectivity index is 1.47. The zero-order chi connectivity index (χ0) is 18.1. The number of nitrogens with two attached hydrogens (primary N) is 1. The van der Waals surface area contributed by atoms with Gasteiger partial charge in [0.2, 0.25) is 0 Å². The monoisotopic (exact) mass is 366 g/mol. The normalized spacial score (nSPS) is 32.7. The fourth-order valence-corrected chi connectivity index (χ4v) is 6.67. The van der Waals surface area contributed by atoms with E-state index in [0.29, 0.717) is 6.04 Å². The van der Waals surface area contributed by atoms with Crippen LogP contribution in [0.15, 0.2) is 18.2 Å². The van der Waals surface area contributed by atoms with E-state index >= 15 is 0 Å². The van der Waals surface area contributed by atoms with Crippen LogP contribution >= 0.6 is 0 Å². The topological polar surface area (TPSA) is 45.4 Å². The molecular formula is C22H27FN4. The minimum Gasteiger partial charge on any atom is -0.398 e. The number of piperidine rings is 3. The molecule has 3 fully saturated rings. The molecule has 4 aliphatic heterocycles. The molecule has 4 atom stereocenters. The van der Waals surface area contributed by atoms with Crippen molar-refractivity contribution in [3.63, 3.8) is 0 Å². The lowest BCUT2D eigenvalue weighted by atomic mass is 9.68. The van der Waals surface area contributed by atoms with Gasteiger partial charge in [0.15, 0.2) is 0 Å². The Bertz CT molecular complexity index is 911. The van der Waals surface area contributed by atoms with Gasteiger partial charge in [0.05, 0.1) is 5.52 Å². The van der Waals surface area contributed by atoms with Crippen LogP contribution in [-0.2, 0) is 6.42 Å². The first-order valence-corrected chi connectivity index (χ1v) is 10.6. The summed E-state index contributed by atoms with van der Waals surface area (Å²) in [5.74, 6) is 2.36. The van der Waals surface area contributed by atoms with Gasteiger partial charge in [-0.3, -0.25) is 4.90 Å². The first-order chi connectivity index (χ1) is 13.2. The second-order valence-electron chi connectivity index (χ2n) is 8.98. The average Bonchev–Trinajstić information content (AvgIpc) is 2.69. The summed E-state index contributed by atoms with van der Waals surface area (Å²) in [6.45, 7) is 3.69. The molecular weight excluding hydrogens is 339 g/mol. The number of hydrogen-bond donors (Lipinski definition) is 1. The predicted octanol–water partition coefficient (Wildman–Crippen LogP) is 3.58. The summed E-state index contributed by atoms with van der Waals surface area (Å²) in [7, 11) is 0. The van der Waals surface area contributed by atoms with Crippen molar-refractivity contribution in [3.05, 3.63) is 29.6 Å². The quantitative estimate of drug-likeness (QED) is 0.774. The van der Waals surface area contributed by atoms with Crippen molar-refractivity contribution < 1.29 is 4.39 Å². The maximum Gasteiger partial charge on any atom is 0.134 e. The van der Waals surface area contributed by atoms with Crippen LogP contribution in [0.25, 0.3) is 10.9 Å². The van der Waals surface area contributed by atoms with Crippen LogP contribution in [0, 0.1) is 17.7 Å². The summed E-state index contributed by atoms with van der Waals surface area (Å²) >= 11 is 0. The smallest absolute Gasteiger partial charge is 0.134 e. The minimum atomic E-state index is -0.241. The van der Waals surface area contributed by atoms with E-state index in [1.54, 1.807) is 6.07 Å². The molecule has 4 aliphatic rings. The molecule has 2 N–H and O–H groups in total. The van der Waals surface area contributed by atoms with Gasteiger partial charge in [-0.25, -0.2) is 9.37 Å².